The molecule has 1 amide bonds. The van der Waals surface area contributed by atoms with Gasteiger partial charge >= 0.3 is 0 Å². The molecule has 0 radical (unpaired) electrons. The van der Waals surface area contributed by atoms with Crippen molar-refractivity contribution in [1.82, 2.24) is 0 Å². The Kier molecular flexibility index (Phi) is 4.28. The van der Waals surface area contributed by atoms with Gasteiger partial charge in [-0.3, -0.25) is 4.79 Å². The van der Waals surface area contributed by atoms with E-state index in [1.807, 2.05) is 31.2 Å². The predicted octanol–water partition coefficient (Wildman–Crippen LogP) is 4.02. The third kappa shape index (κ3) is 3.29. The molecule has 1 fully saturated rings. The van der Waals surface area contributed by atoms with Gasteiger partial charge in [-0.1, -0.05) is 18.6 Å². The van der Waals surface area contributed by atoms with Crippen molar-refractivity contribution < 1.29 is 9.53 Å². The van der Waals surface area contributed by atoms with Crippen molar-refractivity contribution in [3.05, 3.63) is 36.4 Å². The van der Waals surface area contributed by atoms with Gasteiger partial charge < -0.3 is 10.1 Å². The molecule has 1 saturated carbocycles. The van der Waals surface area contributed by atoms with E-state index in [-0.39, 0.29) is 11.8 Å². The van der Waals surface area contributed by atoms with Crippen LogP contribution in [-0.4, -0.2) is 12.5 Å². The van der Waals surface area contributed by atoms with E-state index >= 15 is 0 Å². The SMILES string of the molecule is CCOc1ccc(NC(=O)[C@@H]2[C@@H]3C=CCCCC[C@@H]32)cc1. The van der Waals surface area contributed by atoms with Gasteiger partial charge in [0.1, 0.15) is 5.75 Å². The molecule has 2 aliphatic rings. The Morgan fingerprint density at radius 3 is 2.86 bits per heavy atom. The Hall–Kier alpha value is -1.77. The number of allylic oxidation sites excluding steroid dienone is 2. The minimum Gasteiger partial charge on any atom is -0.494 e. The summed E-state index contributed by atoms with van der Waals surface area (Å²) >= 11 is 0. The van der Waals surface area contributed by atoms with E-state index in [2.05, 4.69) is 17.5 Å². The van der Waals surface area contributed by atoms with E-state index in [1.54, 1.807) is 0 Å². The second-order valence-corrected chi connectivity index (χ2v) is 5.93. The van der Waals surface area contributed by atoms with E-state index < -0.39 is 0 Å². The average Bonchev–Trinajstić information content (AvgIpc) is 3.12. The smallest absolute Gasteiger partial charge is 0.228 e. The van der Waals surface area contributed by atoms with E-state index in [0.29, 0.717) is 18.4 Å². The highest BCUT2D eigenvalue weighted by Crippen LogP contribution is 2.51. The van der Waals surface area contributed by atoms with Gasteiger partial charge in [0.25, 0.3) is 0 Å². The minimum atomic E-state index is 0.167. The number of carbonyl (C=O) groups is 1. The molecule has 21 heavy (non-hydrogen) atoms. The van der Waals surface area contributed by atoms with Crippen LogP contribution in [0.4, 0.5) is 5.69 Å². The lowest BCUT2D eigenvalue weighted by atomic mass is 10.1. The zero-order valence-electron chi connectivity index (χ0n) is 12.5. The molecule has 0 spiro atoms. The van der Waals surface area contributed by atoms with Crippen LogP contribution in [-0.2, 0) is 4.79 Å². The number of hydrogen-bond acceptors (Lipinski definition) is 2. The monoisotopic (exact) mass is 285 g/mol. The van der Waals surface area contributed by atoms with Crippen LogP contribution in [0.5, 0.6) is 5.75 Å². The third-order valence-corrected chi connectivity index (χ3v) is 4.48. The van der Waals surface area contributed by atoms with Gasteiger partial charge in [-0.15, -0.1) is 0 Å². The summed E-state index contributed by atoms with van der Waals surface area (Å²) in [6, 6.07) is 7.61. The van der Waals surface area contributed by atoms with Crippen LogP contribution in [0.2, 0.25) is 0 Å². The Balaban J connectivity index is 1.59. The van der Waals surface area contributed by atoms with Crippen LogP contribution < -0.4 is 10.1 Å². The van der Waals surface area contributed by atoms with E-state index in [1.165, 1.54) is 19.3 Å². The molecule has 0 bridgehead atoms. The Labute approximate surface area is 126 Å². The highest BCUT2D eigenvalue weighted by atomic mass is 16.5. The highest BCUT2D eigenvalue weighted by Gasteiger charge is 2.52. The largest absolute Gasteiger partial charge is 0.494 e. The molecule has 0 aliphatic heterocycles. The lowest BCUT2D eigenvalue weighted by Gasteiger charge is -2.07. The molecule has 1 aromatic carbocycles. The van der Waals surface area contributed by atoms with Gasteiger partial charge in [0.05, 0.1) is 6.61 Å². The summed E-state index contributed by atoms with van der Waals surface area (Å²) in [5.74, 6) is 2.20. The summed E-state index contributed by atoms with van der Waals surface area (Å²) < 4.78 is 5.41. The second-order valence-electron chi connectivity index (χ2n) is 5.93. The number of anilines is 1. The first-order chi connectivity index (χ1) is 10.3. The van der Waals surface area contributed by atoms with Gasteiger partial charge in [0, 0.05) is 11.6 Å². The van der Waals surface area contributed by atoms with Gasteiger partial charge in [-0.2, -0.15) is 0 Å². The predicted molar refractivity (Wildman–Crippen MR) is 84.3 cm³/mol. The van der Waals surface area contributed by atoms with E-state index in [9.17, 15) is 4.79 Å². The molecule has 1 N–H and O–H groups in total. The average molecular weight is 285 g/mol. The van der Waals surface area contributed by atoms with Crippen molar-refractivity contribution in [2.75, 3.05) is 11.9 Å². The zero-order valence-corrected chi connectivity index (χ0v) is 12.5. The number of ether oxygens (including phenoxy) is 1. The minimum absolute atomic E-state index is 0.167. The Bertz CT molecular complexity index is 521. The number of rotatable bonds is 4. The summed E-state index contributed by atoms with van der Waals surface area (Å²) in [6.07, 6.45) is 9.37. The van der Waals surface area contributed by atoms with Gasteiger partial charge in [-0.25, -0.2) is 0 Å². The van der Waals surface area contributed by atoms with Crippen LogP contribution in [0.1, 0.15) is 32.6 Å². The summed E-state index contributed by atoms with van der Waals surface area (Å²) in [4.78, 5) is 12.4. The van der Waals surface area contributed by atoms with Gasteiger partial charge in [0.15, 0.2) is 0 Å². The fourth-order valence-electron chi connectivity index (χ4n) is 3.33. The molecular formula is C18H23NO2. The molecule has 3 rings (SSSR count). The zero-order chi connectivity index (χ0) is 14.7. The summed E-state index contributed by atoms with van der Waals surface area (Å²) in [5, 5.41) is 3.04. The normalized spacial score (nSPS) is 27.2. The summed E-state index contributed by atoms with van der Waals surface area (Å²) in [5.41, 5.74) is 0.853. The highest BCUT2D eigenvalue weighted by molar-refractivity contribution is 5.95. The first-order valence-electron chi connectivity index (χ1n) is 8.00. The third-order valence-electron chi connectivity index (χ3n) is 4.48. The molecule has 0 unspecified atom stereocenters. The van der Waals surface area contributed by atoms with Gasteiger partial charge in [-0.05, 0) is 62.3 Å². The second kappa shape index (κ2) is 6.33. The standard InChI is InChI=1S/C18H23NO2/c1-2-21-14-11-9-13(10-12-14)19-18(20)17-15-7-5-3-4-6-8-16(15)17/h5,7,9-12,15-17H,2-4,6,8H2,1H3,(H,19,20)/t15-,16+,17-/m1/s1. The first-order valence-corrected chi connectivity index (χ1v) is 8.00. The molecule has 2 aliphatic carbocycles. The molecule has 3 nitrogen and oxygen atoms in total. The summed E-state index contributed by atoms with van der Waals surface area (Å²) in [7, 11) is 0. The van der Waals surface area contributed by atoms with E-state index in [4.69, 9.17) is 4.74 Å². The maximum Gasteiger partial charge on any atom is 0.228 e. The topological polar surface area (TPSA) is 38.3 Å². The molecular weight excluding hydrogens is 262 g/mol. The van der Waals surface area contributed by atoms with Gasteiger partial charge in [0.2, 0.25) is 5.91 Å². The van der Waals surface area contributed by atoms with Crippen LogP contribution in [0.25, 0.3) is 0 Å². The summed E-state index contributed by atoms with van der Waals surface area (Å²) in [6.45, 7) is 2.62. The maximum atomic E-state index is 12.4. The van der Waals surface area contributed by atoms with Crippen molar-refractivity contribution in [3.8, 4) is 5.75 Å². The maximum absolute atomic E-state index is 12.4. The van der Waals surface area contributed by atoms with Crippen LogP contribution in [0.3, 0.4) is 0 Å². The number of nitrogens with one attached hydrogen (secondary N) is 1. The number of fused-ring (bicyclic) bond motifs is 1. The quantitative estimate of drug-likeness (QED) is 0.849. The number of carbonyl (C=O) groups excluding carboxylic acids is 1. The number of hydrogen-bond donors (Lipinski definition) is 1. The van der Waals surface area contributed by atoms with Crippen molar-refractivity contribution in [1.29, 1.82) is 0 Å². The lowest BCUT2D eigenvalue weighted by molar-refractivity contribution is -0.117. The van der Waals surface area contributed by atoms with Crippen LogP contribution >= 0.6 is 0 Å². The molecule has 3 atom stereocenters. The van der Waals surface area contributed by atoms with Crippen molar-refractivity contribution in [3.63, 3.8) is 0 Å². The molecule has 3 heteroatoms. The number of amides is 1. The fraction of sp³-hybridized carbons (Fsp3) is 0.500. The Morgan fingerprint density at radius 2 is 2.10 bits per heavy atom. The van der Waals surface area contributed by atoms with Crippen LogP contribution in [0.15, 0.2) is 36.4 Å². The molecule has 1 aromatic rings. The van der Waals surface area contributed by atoms with Crippen molar-refractivity contribution in [2.24, 2.45) is 17.8 Å². The Morgan fingerprint density at radius 1 is 1.29 bits per heavy atom. The van der Waals surface area contributed by atoms with Crippen molar-refractivity contribution in [2.45, 2.75) is 32.6 Å². The van der Waals surface area contributed by atoms with E-state index in [0.717, 1.165) is 17.9 Å². The van der Waals surface area contributed by atoms with Crippen LogP contribution in [0, 0.1) is 17.8 Å². The molecule has 0 heterocycles. The molecule has 112 valence electrons. The lowest BCUT2D eigenvalue weighted by Crippen LogP contribution is -2.15. The first kappa shape index (κ1) is 14.2. The molecule has 0 saturated heterocycles. The number of benzene rings is 1. The molecule has 0 aromatic heterocycles. The van der Waals surface area contributed by atoms with Crippen molar-refractivity contribution >= 4 is 11.6 Å². The fourth-order valence-corrected chi connectivity index (χ4v) is 3.33.